The zero-order chi connectivity index (χ0) is 20.5. The molecule has 0 fully saturated rings. The number of hydrogen-bond acceptors (Lipinski definition) is 4. The van der Waals surface area contributed by atoms with Crippen LogP contribution in [0.3, 0.4) is 0 Å². The molecule has 30 heavy (non-hydrogen) atoms. The van der Waals surface area contributed by atoms with Gasteiger partial charge in [0.25, 0.3) is 5.91 Å². The number of para-hydroxylation sites is 1. The Kier molecular flexibility index (Phi) is 4.80. The van der Waals surface area contributed by atoms with Crippen LogP contribution in [0.5, 0.6) is 0 Å². The lowest BCUT2D eigenvalue weighted by atomic mass is 10.2. The lowest BCUT2D eigenvalue weighted by Crippen LogP contribution is -2.42. The van der Waals surface area contributed by atoms with E-state index in [2.05, 4.69) is 15.1 Å². The van der Waals surface area contributed by atoms with Crippen LogP contribution in [-0.2, 0) is 17.9 Å². The number of carbonyl (C=O) groups is 1. The molecule has 1 aliphatic heterocycles. The molecule has 0 radical (unpaired) electrons. The number of pyridine rings is 1. The van der Waals surface area contributed by atoms with Crippen LogP contribution in [-0.4, -0.2) is 43.7 Å². The van der Waals surface area contributed by atoms with Gasteiger partial charge in [-0.1, -0.05) is 24.3 Å². The third-order valence-electron chi connectivity index (χ3n) is 5.44. The first-order valence-corrected chi connectivity index (χ1v) is 10.1. The number of H-pyrrole nitrogens is 1. The summed E-state index contributed by atoms with van der Waals surface area (Å²) in [5.74, 6) is -0.0102. The molecule has 152 valence electrons. The van der Waals surface area contributed by atoms with E-state index >= 15 is 0 Å². The van der Waals surface area contributed by atoms with E-state index in [4.69, 9.17) is 4.74 Å². The Labute approximate surface area is 174 Å². The van der Waals surface area contributed by atoms with Gasteiger partial charge in [0, 0.05) is 29.3 Å². The van der Waals surface area contributed by atoms with Gasteiger partial charge in [0.05, 0.1) is 37.2 Å². The first-order valence-electron chi connectivity index (χ1n) is 10.1. The molecule has 4 heterocycles. The van der Waals surface area contributed by atoms with Crippen LogP contribution in [0.4, 0.5) is 0 Å². The Balaban J connectivity index is 1.31. The summed E-state index contributed by atoms with van der Waals surface area (Å²) in [6.45, 7) is 3.94. The minimum absolute atomic E-state index is 0.0102. The Morgan fingerprint density at radius 3 is 2.97 bits per heavy atom. The molecule has 3 aromatic heterocycles. The lowest BCUT2D eigenvalue weighted by Gasteiger charge is -2.33. The Hall–Kier alpha value is -3.45. The van der Waals surface area contributed by atoms with Gasteiger partial charge in [-0.15, -0.1) is 0 Å². The Morgan fingerprint density at radius 2 is 2.10 bits per heavy atom. The number of rotatable bonds is 5. The van der Waals surface area contributed by atoms with Crippen molar-refractivity contribution < 1.29 is 9.53 Å². The van der Waals surface area contributed by atoms with Crippen LogP contribution in [0.25, 0.3) is 10.9 Å². The molecule has 1 aromatic carbocycles. The topological polar surface area (TPSA) is 76.0 Å². The van der Waals surface area contributed by atoms with Gasteiger partial charge in [-0.3, -0.25) is 14.5 Å². The van der Waals surface area contributed by atoms with Crippen molar-refractivity contribution in [1.29, 1.82) is 0 Å². The minimum Gasteiger partial charge on any atom is -0.373 e. The number of ether oxygens (including phenoxy) is 1. The van der Waals surface area contributed by atoms with Crippen LogP contribution < -0.4 is 0 Å². The predicted molar refractivity (Wildman–Crippen MR) is 113 cm³/mol. The van der Waals surface area contributed by atoms with Crippen molar-refractivity contribution in [2.75, 3.05) is 13.2 Å². The van der Waals surface area contributed by atoms with Gasteiger partial charge in [-0.2, -0.15) is 5.10 Å². The third-order valence-corrected chi connectivity index (χ3v) is 5.44. The molecule has 7 nitrogen and oxygen atoms in total. The van der Waals surface area contributed by atoms with Crippen LogP contribution in [0.2, 0.25) is 0 Å². The van der Waals surface area contributed by atoms with Crippen LogP contribution in [0, 0.1) is 6.92 Å². The summed E-state index contributed by atoms with van der Waals surface area (Å²) < 4.78 is 7.92. The first kappa shape index (κ1) is 18.6. The number of fused-ring (bicyclic) bond motifs is 2. The highest BCUT2D eigenvalue weighted by Crippen LogP contribution is 2.24. The van der Waals surface area contributed by atoms with Gasteiger partial charge in [0.2, 0.25) is 0 Å². The highest BCUT2D eigenvalue weighted by Gasteiger charge is 2.30. The van der Waals surface area contributed by atoms with Gasteiger partial charge in [-0.25, -0.2) is 0 Å². The maximum atomic E-state index is 13.2. The number of aromatic amines is 1. The zero-order valence-electron chi connectivity index (χ0n) is 16.8. The standard InChI is InChI=1S/C23H23N5O2/c1-16-5-4-7-18(25-16)14-30-15-20-13-27(12-19-9-10-24-28(19)20)23(29)22-11-17-6-2-3-8-21(17)26-22/h2-11,20,26H,12-15H2,1H3/t20-/m1/s1. The van der Waals surface area contributed by atoms with E-state index in [9.17, 15) is 4.79 Å². The summed E-state index contributed by atoms with van der Waals surface area (Å²) in [4.78, 5) is 22.8. The molecule has 0 saturated heterocycles. The van der Waals surface area contributed by atoms with Crippen molar-refractivity contribution in [1.82, 2.24) is 24.6 Å². The van der Waals surface area contributed by atoms with Crippen molar-refractivity contribution in [3.8, 4) is 0 Å². The Morgan fingerprint density at radius 1 is 1.20 bits per heavy atom. The van der Waals surface area contributed by atoms with Crippen molar-refractivity contribution in [2.45, 2.75) is 26.1 Å². The molecule has 4 aromatic rings. The van der Waals surface area contributed by atoms with E-state index in [1.807, 2.05) is 71.1 Å². The molecule has 1 N–H and O–H groups in total. The summed E-state index contributed by atoms with van der Waals surface area (Å²) in [6.07, 6.45) is 1.78. The molecule has 1 amide bonds. The second kappa shape index (κ2) is 7.76. The highest BCUT2D eigenvalue weighted by atomic mass is 16.5. The molecule has 0 bridgehead atoms. The maximum absolute atomic E-state index is 13.2. The van der Waals surface area contributed by atoms with Crippen LogP contribution >= 0.6 is 0 Å². The number of aryl methyl sites for hydroxylation is 1. The van der Waals surface area contributed by atoms with Gasteiger partial charge in [-0.05, 0) is 37.3 Å². The maximum Gasteiger partial charge on any atom is 0.270 e. The largest absolute Gasteiger partial charge is 0.373 e. The van der Waals surface area contributed by atoms with Crippen molar-refractivity contribution in [2.24, 2.45) is 0 Å². The molecule has 7 heteroatoms. The molecule has 0 saturated carbocycles. The fraction of sp³-hybridized carbons (Fsp3) is 0.261. The average molecular weight is 401 g/mol. The number of amides is 1. The molecule has 0 spiro atoms. The monoisotopic (exact) mass is 401 g/mol. The van der Waals surface area contributed by atoms with Gasteiger partial charge < -0.3 is 14.6 Å². The second-order valence-electron chi connectivity index (χ2n) is 7.66. The number of nitrogens with zero attached hydrogens (tertiary/aromatic N) is 4. The predicted octanol–water partition coefficient (Wildman–Crippen LogP) is 3.48. The van der Waals surface area contributed by atoms with Gasteiger partial charge >= 0.3 is 0 Å². The van der Waals surface area contributed by atoms with E-state index in [1.165, 1.54) is 0 Å². The molecular weight excluding hydrogens is 378 g/mol. The quantitative estimate of drug-likeness (QED) is 0.555. The van der Waals surface area contributed by atoms with Crippen molar-refractivity contribution in [3.63, 3.8) is 0 Å². The van der Waals surface area contributed by atoms with Gasteiger partial charge in [0.15, 0.2) is 0 Å². The van der Waals surface area contributed by atoms with E-state index in [0.29, 0.717) is 32.0 Å². The smallest absolute Gasteiger partial charge is 0.270 e. The molecular formula is C23H23N5O2. The molecule has 0 unspecified atom stereocenters. The molecule has 0 aliphatic carbocycles. The SMILES string of the molecule is Cc1cccc(COC[C@H]2CN(C(=O)c3cc4ccccc4[nH]3)Cc3ccnn32)n1. The zero-order valence-corrected chi connectivity index (χ0v) is 16.8. The van der Waals surface area contributed by atoms with Crippen LogP contribution in [0.15, 0.2) is 60.8 Å². The minimum atomic E-state index is -0.0399. The van der Waals surface area contributed by atoms with Crippen molar-refractivity contribution in [3.05, 3.63) is 83.6 Å². The first-order chi connectivity index (χ1) is 14.7. The number of hydrogen-bond donors (Lipinski definition) is 1. The normalized spacial score (nSPS) is 16.0. The summed E-state index contributed by atoms with van der Waals surface area (Å²) >= 11 is 0. The lowest BCUT2D eigenvalue weighted by molar-refractivity contribution is 0.0437. The fourth-order valence-corrected chi connectivity index (χ4v) is 4.00. The highest BCUT2D eigenvalue weighted by molar-refractivity contribution is 5.98. The summed E-state index contributed by atoms with van der Waals surface area (Å²) in [6, 6.07) is 17.7. The fourth-order valence-electron chi connectivity index (χ4n) is 4.00. The molecule has 1 atom stereocenters. The van der Waals surface area contributed by atoms with E-state index in [1.54, 1.807) is 6.20 Å². The number of aromatic nitrogens is 4. The van der Waals surface area contributed by atoms with Gasteiger partial charge in [0.1, 0.15) is 5.69 Å². The van der Waals surface area contributed by atoms with E-state index in [0.717, 1.165) is 28.0 Å². The second-order valence-corrected chi connectivity index (χ2v) is 7.66. The Bertz CT molecular complexity index is 1160. The third kappa shape index (κ3) is 3.59. The number of benzene rings is 1. The van der Waals surface area contributed by atoms with Crippen LogP contribution in [0.1, 0.15) is 33.6 Å². The average Bonchev–Trinajstić information content (AvgIpc) is 3.40. The molecule has 1 aliphatic rings. The van der Waals surface area contributed by atoms with E-state index < -0.39 is 0 Å². The number of carbonyl (C=O) groups excluding carboxylic acids is 1. The summed E-state index contributed by atoms with van der Waals surface area (Å²) in [5, 5.41) is 5.49. The molecule has 5 rings (SSSR count). The summed E-state index contributed by atoms with van der Waals surface area (Å²) in [5.41, 5.74) is 4.45. The number of nitrogens with one attached hydrogen (secondary N) is 1. The summed E-state index contributed by atoms with van der Waals surface area (Å²) in [7, 11) is 0. The van der Waals surface area contributed by atoms with E-state index in [-0.39, 0.29) is 11.9 Å². The van der Waals surface area contributed by atoms with Crippen molar-refractivity contribution >= 4 is 16.8 Å².